The highest BCUT2D eigenvalue weighted by molar-refractivity contribution is 7.15. The van der Waals surface area contributed by atoms with Gasteiger partial charge in [0.05, 0.1) is 12.2 Å². The summed E-state index contributed by atoms with van der Waals surface area (Å²) in [6.07, 6.45) is 2.13. The van der Waals surface area contributed by atoms with Crippen molar-refractivity contribution in [2.45, 2.75) is 46.1 Å². The number of amides is 1. The molecule has 0 radical (unpaired) electrons. The number of methoxy groups -OCH3 is 1. The van der Waals surface area contributed by atoms with Crippen LogP contribution in [-0.4, -0.2) is 28.4 Å². The number of carbonyl (C=O) groups excluding carboxylic acids is 1. The van der Waals surface area contributed by atoms with Gasteiger partial charge in [0.15, 0.2) is 5.69 Å². The van der Waals surface area contributed by atoms with Crippen molar-refractivity contribution in [2.75, 3.05) is 12.4 Å². The predicted molar refractivity (Wildman–Crippen MR) is 83.1 cm³/mol. The van der Waals surface area contributed by atoms with E-state index in [1.807, 2.05) is 0 Å². The predicted octanol–water partition coefficient (Wildman–Crippen LogP) is 3.14. The Labute approximate surface area is 133 Å². The van der Waals surface area contributed by atoms with Crippen molar-refractivity contribution in [1.29, 1.82) is 0 Å². The molecule has 2 heterocycles. The summed E-state index contributed by atoms with van der Waals surface area (Å²) in [6.45, 7) is 6.25. The molecule has 0 spiro atoms. The Morgan fingerprint density at radius 3 is 2.91 bits per heavy atom. The highest BCUT2D eigenvalue weighted by atomic mass is 32.1. The van der Waals surface area contributed by atoms with Crippen molar-refractivity contribution in [1.82, 2.24) is 15.4 Å². The highest BCUT2D eigenvalue weighted by Crippen LogP contribution is 2.26. The van der Waals surface area contributed by atoms with Crippen LogP contribution in [0.25, 0.3) is 0 Å². The molecule has 0 aliphatic carbocycles. The van der Waals surface area contributed by atoms with Gasteiger partial charge in [0.25, 0.3) is 5.91 Å². The lowest BCUT2D eigenvalue weighted by atomic mass is 10.1. The largest absolute Gasteiger partial charge is 0.380 e. The smallest absolute Gasteiger partial charge is 0.280 e. The van der Waals surface area contributed by atoms with Crippen molar-refractivity contribution in [2.24, 2.45) is 0 Å². The van der Waals surface area contributed by atoms with Gasteiger partial charge < -0.3 is 9.26 Å². The molecule has 0 bridgehead atoms. The summed E-state index contributed by atoms with van der Waals surface area (Å²) in [6, 6.07) is 0. The molecule has 22 heavy (non-hydrogen) atoms. The van der Waals surface area contributed by atoms with Crippen molar-refractivity contribution in [3.05, 3.63) is 22.0 Å². The molecule has 120 valence electrons. The van der Waals surface area contributed by atoms with E-state index in [1.165, 1.54) is 11.3 Å². The summed E-state index contributed by atoms with van der Waals surface area (Å²) >= 11 is 1.39. The van der Waals surface area contributed by atoms with E-state index < -0.39 is 0 Å². The average molecular weight is 324 g/mol. The lowest BCUT2D eigenvalue weighted by Crippen LogP contribution is -2.14. The monoisotopic (exact) mass is 324 g/mol. The van der Waals surface area contributed by atoms with Crippen LogP contribution in [0.5, 0.6) is 0 Å². The molecule has 0 saturated carbocycles. The first-order chi connectivity index (χ1) is 10.6. The fourth-order valence-corrected chi connectivity index (χ4v) is 2.91. The molecule has 1 atom stereocenters. The Morgan fingerprint density at radius 2 is 2.23 bits per heavy atom. The minimum Gasteiger partial charge on any atom is -0.380 e. The number of ether oxygens (including phenoxy) is 1. The van der Waals surface area contributed by atoms with Crippen LogP contribution in [0.15, 0.2) is 4.52 Å². The third-order valence-corrected chi connectivity index (χ3v) is 4.36. The normalized spacial score (nSPS) is 12.4. The molecule has 7 nitrogen and oxygen atoms in total. The molecule has 1 amide bonds. The quantitative estimate of drug-likeness (QED) is 0.841. The van der Waals surface area contributed by atoms with E-state index >= 15 is 0 Å². The van der Waals surface area contributed by atoms with Gasteiger partial charge in [0.1, 0.15) is 10.8 Å². The van der Waals surface area contributed by atoms with Gasteiger partial charge in [-0.1, -0.05) is 36.8 Å². The molecule has 1 N–H and O–H groups in total. The van der Waals surface area contributed by atoms with Gasteiger partial charge in [-0.15, -0.1) is 10.2 Å². The number of nitrogens with zero attached hydrogens (tertiary/aromatic N) is 3. The second-order valence-corrected chi connectivity index (χ2v) is 6.10. The molecule has 0 aliphatic rings. The molecule has 0 aromatic carbocycles. The maximum Gasteiger partial charge on any atom is 0.280 e. The van der Waals surface area contributed by atoms with Gasteiger partial charge in [-0.05, 0) is 13.3 Å². The first-order valence-electron chi connectivity index (χ1n) is 7.15. The Bertz CT molecular complexity index is 638. The van der Waals surface area contributed by atoms with E-state index in [1.54, 1.807) is 14.0 Å². The molecule has 2 aromatic heterocycles. The van der Waals surface area contributed by atoms with Crippen molar-refractivity contribution >= 4 is 22.4 Å². The van der Waals surface area contributed by atoms with E-state index in [-0.39, 0.29) is 18.2 Å². The standard InChI is InChI=1S/C14H20N4O3S/c1-5-6-8(2)13-16-17-14(22-13)15-12(19)11-10(7-20-4)9(3)21-18-11/h8H,5-7H2,1-4H3,(H,15,17,19)/t8-/m1/s1. The average Bonchev–Trinajstić information content (AvgIpc) is 3.08. The first kappa shape index (κ1) is 16.6. The number of rotatable bonds is 7. The molecule has 0 aliphatic heterocycles. The molecule has 2 rings (SSSR count). The van der Waals surface area contributed by atoms with Crippen molar-refractivity contribution in [3.8, 4) is 0 Å². The summed E-state index contributed by atoms with van der Waals surface area (Å²) < 4.78 is 10.1. The van der Waals surface area contributed by atoms with Crippen LogP contribution < -0.4 is 5.32 Å². The van der Waals surface area contributed by atoms with Crippen LogP contribution in [0.3, 0.4) is 0 Å². The van der Waals surface area contributed by atoms with E-state index in [2.05, 4.69) is 34.5 Å². The van der Waals surface area contributed by atoms with E-state index in [4.69, 9.17) is 9.26 Å². The first-order valence-corrected chi connectivity index (χ1v) is 7.97. The van der Waals surface area contributed by atoms with Crippen LogP contribution in [0.4, 0.5) is 5.13 Å². The van der Waals surface area contributed by atoms with Crippen LogP contribution in [0.1, 0.15) is 59.4 Å². The van der Waals surface area contributed by atoms with Gasteiger partial charge in [0.2, 0.25) is 5.13 Å². The number of nitrogens with one attached hydrogen (secondary N) is 1. The zero-order valence-corrected chi connectivity index (χ0v) is 14.0. The second kappa shape index (κ2) is 7.46. The van der Waals surface area contributed by atoms with Crippen molar-refractivity contribution in [3.63, 3.8) is 0 Å². The topological polar surface area (TPSA) is 90.1 Å². The Hall–Kier alpha value is -1.80. The van der Waals surface area contributed by atoms with Crippen LogP contribution in [0, 0.1) is 6.92 Å². The van der Waals surface area contributed by atoms with Gasteiger partial charge >= 0.3 is 0 Å². The number of carbonyl (C=O) groups is 1. The number of hydrogen-bond donors (Lipinski definition) is 1. The SMILES string of the molecule is CCC[C@@H](C)c1nnc(NC(=O)c2noc(C)c2COC)s1. The minimum absolute atomic E-state index is 0.220. The molecule has 2 aromatic rings. The number of hydrogen-bond acceptors (Lipinski definition) is 7. The Balaban J connectivity index is 2.09. The summed E-state index contributed by atoms with van der Waals surface area (Å²) in [5, 5.41) is 16.0. The third kappa shape index (κ3) is 3.69. The van der Waals surface area contributed by atoms with Gasteiger partial charge in [-0.25, -0.2) is 0 Å². The molecular weight excluding hydrogens is 304 g/mol. The zero-order valence-electron chi connectivity index (χ0n) is 13.2. The van der Waals surface area contributed by atoms with Gasteiger partial charge in [-0.2, -0.15) is 0 Å². The fraction of sp³-hybridized carbons (Fsp3) is 0.571. The maximum atomic E-state index is 12.3. The third-order valence-electron chi connectivity index (χ3n) is 3.29. The Kier molecular flexibility index (Phi) is 5.62. The minimum atomic E-state index is -0.366. The lowest BCUT2D eigenvalue weighted by Gasteiger charge is -2.03. The Morgan fingerprint density at radius 1 is 1.45 bits per heavy atom. The number of anilines is 1. The van der Waals surface area contributed by atoms with E-state index in [0.29, 0.717) is 22.4 Å². The summed E-state index contributed by atoms with van der Waals surface area (Å²) in [4.78, 5) is 12.3. The van der Waals surface area contributed by atoms with Gasteiger partial charge in [-0.3, -0.25) is 10.1 Å². The summed E-state index contributed by atoms with van der Waals surface area (Å²) in [7, 11) is 1.56. The van der Waals surface area contributed by atoms with Gasteiger partial charge in [0, 0.05) is 13.0 Å². The highest BCUT2D eigenvalue weighted by Gasteiger charge is 2.21. The molecule has 0 fully saturated rings. The summed E-state index contributed by atoms with van der Waals surface area (Å²) in [5.41, 5.74) is 0.863. The van der Waals surface area contributed by atoms with E-state index in [0.717, 1.165) is 17.8 Å². The van der Waals surface area contributed by atoms with Crippen molar-refractivity contribution < 1.29 is 14.1 Å². The van der Waals surface area contributed by atoms with Crippen LogP contribution >= 0.6 is 11.3 Å². The summed E-state index contributed by atoms with van der Waals surface area (Å²) in [5.74, 6) is 0.544. The van der Waals surface area contributed by atoms with E-state index in [9.17, 15) is 4.79 Å². The van der Waals surface area contributed by atoms with Crippen LogP contribution in [0.2, 0.25) is 0 Å². The number of aryl methyl sites for hydroxylation is 1. The van der Waals surface area contributed by atoms with Crippen LogP contribution in [-0.2, 0) is 11.3 Å². The fourth-order valence-electron chi connectivity index (χ4n) is 2.08. The molecule has 0 saturated heterocycles. The number of aromatic nitrogens is 3. The zero-order chi connectivity index (χ0) is 16.1. The lowest BCUT2D eigenvalue weighted by molar-refractivity contribution is 0.101. The molecule has 8 heteroatoms. The molecular formula is C14H20N4O3S. The second-order valence-electron chi connectivity index (χ2n) is 5.09. The molecule has 0 unspecified atom stereocenters. The maximum absolute atomic E-state index is 12.3.